The largest absolute Gasteiger partial charge is 0.347 e. The smallest absolute Gasteiger partial charge is 0.244 e. The van der Waals surface area contributed by atoms with Gasteiger partial charge in [0.05, 0.1) is 23.8 Å². The number of halogens is 1. The van der Waals surface area contributed by atoms with Gasteiger partial charge in [0, 0.05) is 25.7 Å². The van der Waals surface area contributed by atoms with Crippen LogP contribution in [0.2, 0.25) is 0 Å². The van der Waals surface area contributed by atoms with E-state index in [0.717, 1.165) is 17.0 Å². The molecule has 5 rings (SSSR count). The second kappa shape index (κ2) is 6.97. The molecule has 28 heavy (non-hydrogen) atoms. The number of nitrogens with one attached hydrogen (secondary N) is 1. The normalized spacial score (nSPS) is 16.8. The molecule has 0 unspecified atom stereocenters. The van der Waals surface area contributed by atoms with Gasteiger partial charge in [-0.25, -0.2) is 9.37 Å². The topological polar surface area (TPSA) is 83.7 Å². The Morgan fingerprint density at radius 1 is 1.14 bits per heavy atom. The minimum Gasteiger partial charge on any atom is -0.347 e. The Morgan fingerprint density at radius 2 is 2.04 bits per heavy atom. The number of hydrogen-bond donors (Lipinski definition) is 1. The Balaban J connectivity index is 1.46. The van der Waals surface area contributed by atoms with E-state index in [1.165, 1.54) is 12.1 Å². The number of aromatic nitrogens is 5. The van der Waals surface area contributed by atoms with Gasteiger partial charge in [-0.05, 0) is 29.8 Å². The van der Waals surface area contributed by atoms with Crippen LogP contribution in [0.15, 0.2) is 59.5 Å². The maximum absolute atomic E-state index is 13.3. The van der Waals surface area contributed by atoms with E-state index in [1.54, 1.807) is 24.7 Å². The Hall–Kier alpha value is -3.39. The average Bonchev–Trinajstić information content (AvgIpc) is 3.39. The molecule has 1 aromatic carbocycles. The highest BCUT2D eigenvalue weighted by atomic mass is 19.1. The van der Waals surface area contributed by atoms with Gasteiger partial charge in [0.15, 0.2) is 0 Å². The summed E-state index contributed by atoms with van der Waals surface area (Å²) in [6.45, 7) is 1.30. The van der Waals surface area contributed by atoms with Crippen LogP contribution < -0.4 is 0 Å². The zero-order valence-corrected chi connectivity index (χ0v) is 14.9. The van der Waals surface area contributed by atoms with Crippen molar-refractivity contribution in [3.8, 4) is 11.5 Å². The van der Waals surface area contributed by atoms with Gasteiger partial charge < -0.3 is 9.51 Å². The predicted molar refractivity (Wildman–Crippen MR) is 98.2 cm³/mol. The quantitative estimate of drug-likeness (QED) is 0.588. The van der Waals surface area contributed by atoms with Crippen LogP contribution in [0.5, 0.6) is 0 Å². The molecule has 0 spiro atoms. The SMILES string of the molecule is Fc1ccc(CN2Cc3[nH]cnc3C[C@H]2c2nc(-c3ccccn3)no2)cc1. The van der Waals surface area contributed by atoms with Gasteiger partial charge in [0.25, 0.3) is 0 Å². The Morgan fingerprint density at radius 3 is 2.86 bits per heavy atom. The molecule has 7 nitrogen and oxygen atoms in total. The van der Waals surface area contributed by atoms with Gasteiger partial charge >= 0.3 is 0 Å². The van der Waals surface area contributed by atoms with Gasteiger partial charge in [0.1, 0.15) is 11.5 Å². The molecule has 0 saturated carbocycles. The van der Waals surface area contributed by atoms with Crippen molar-refractivity contribution >= 4 is 0 Å². The third-order valence-electron chi connectivity index (χ3n) is 4.92. The van der Waals surface area contributed by atoms with Crippen molar-refractivity contribution in [2.24, 2.45) is 0 Å². The third-order valence-corrected chi connectivity index (χ3v) is 4.92. The maximum Gasteiger partial charge on any atom is 0.244 e. The monoisotopic (exact) mass is 376 g/mol. The Labute approximate surface area is 160 Å². The van der Waals surface area contributed by atoms with E-state index in [4.69, 9.17) is 4.52 Å². The highest BCUT2D eigenvalue weighted by Crippen LogP contribution is 2.33. The second-order valence-corrected chi connectivity index (χ2v) is 6.75. The van der Waals surface area contributed by atoms with Crippen LogP contribution in [0, 0.1) is 5.82 Å². The number of benzene rings is 1. The molecule has 1 aliphatic rings. The first-order chi connectivity index (χ1) is 13.8. The molecule has 8 heteroatoms. The van der Waals surface area contributed by atoms with Crippen molar-refractivity contribution in [2.45, 2.75) is 25.6 Å². The van der Waals surface area contributed by atoms with E-state index < -0.39 is 0 Å². The lowest BCUT2D eigenvalue weighted by molar-refractivity contribution is 0.128. The number of hydrogen-bond acceptors (Lipinski definition) is 6. The first kappa shape index (κ1) is 16.8. The zero-order chi connectivity index (χ0) is 18.9. The fourth-order valence-electron chi connectivity index (χ4n) is 3.49. The molecule has 1 N–H and O–H groups in total. The van der Waals surface area contributed by atoms with Gasteiger partial charge in [-0.1, -0.05) is 23.4 Å². The van der Waals surface area contributed by atoms with Crippen LogP contribution in [-0.4, -0.2) is 30.0 Å². The summed E-state index contributed by atoms with van der Waals surface area (Å²) in [4.78, 5) is 18.7. The van der Waals surface area contributed by atoms with Crippen molar-refractivity contribution in [1.29, 1.82) is 0 Å². The average molecular weight is 376 g/mol. The molecule has 0 amide bonds. The summed E-state index contributed by atoms with van der Waals surface area (Å²) in [6.07, 6.45) is 4.06. The van der Waals surface area contributed by atoms with E-state index in [9.17, 15) is 4.39 Å². The lowest BCUT2D eigenvalue weighted by atomic mass is 10.0. The molecule has 4 heterocycles. The van der Waals surface area contributed by atoms with Crippen molar-refractivity contribution in [2.75, 3.05) is 0 Å². The van der Waals surface area contributed by atoms with Crippen LogP contribution in [0.25, 0.3) is 11.5 Å². The van der Waals surface area contributed by atoms with E-state index in [-0.39, 0.29) is 11.9 Å². The molecule has 1 atom stereocenters. The number of fused-ring (bicyclic) bond motifs is 1. The highest BCUT2D eigenvalue weighted by molar-refractivity contribution is 5.47. The molecule has 0 fully saturated rings. The third kappa shape index (κ3) is 3.18. The van der Waals surface area contributed by atoms with Crippen molar-refractivity contribution in [3.05, 3.63) is 83.6 Å². The molecule has 0 radical (unpaired) electrons. The number of imidazole rings is 1. The van der Waals surface area contributed by atoms with E-state index in [0.29, 0.717) is 36.9 Å². The van der Waals surface area contributed by atoms with Crippen molar-refractivity contribution in [3.63, 3.8) is 0 Å². The van der Waals surface area contributed by atoms with Crippen LogP contribution >= 0.6 is 0 Å². The summed E-state index contributed by atoms with van der Waals surface area (Å²) in [7, 11) is 0. The van der Waals surface area contributed by atoms with Crippen molar-refractivity contribution < 1.29 is 8.91 Å². The minimum absolute atomic E-state index is 0.120. The molecular formula is C20H17FN6O. The van der Waals surface area contributed by atoms with Gasteiger partial charge in [-0.2, -0.15) is 4.98 Å². The van der Waals surface area contributed by atoms with Crippen molar-refractivity contribution in [1.82, 2.24) is 30.0 Å². The van der Waals surface area contributed by atoms with Crippen LogP contribution in [0.1, 0.15) is 28.9 Å². The molecule has 1 aliphatic heterocycles. The molecule has 140 valence electrons. The number of aromatic amines is 1. The van der Waals surface area contributed by atoms with Crippen LogP contribution in [0.3, 0.4) is 0 Å². The van der Waals surface area contributed by atoms with Gasteiger partial charge in [-0.15, -0.1) is 0 Å². The van der Waals surface area contributed by atoms with Gasteiger partial charge in [0.2, 0.25) is 11.7 Å². The highest BCUT2D eigenvalue weighted by Gasteiger charge is 2.33. The number of pyridine rings is 1. The molecule has 4 aromatic rings. The summed E-state index contributed by atoms with van der Waals surface area (Å²) >= 11 is 0. The number of rotatable bonds is 4. The number of nitrogens with zero attached hydrogens (tertiary/aromatic N) is 5. The first-order valence-corrected chi connectivity index (χ1v) is 9.01. The molecule has 0 aliphatic carbocycles. The zero-order valence-electron chi connectivity index (χ0n) is 14.9. The summed E-state index contributed by atoms with van der Waals surface area (Å²) in [5, 5.41) is 4.11. The van der Waals surface area contributed by atoms with E-state index in [2.05, 4.69) is 30.0 Å². The maximum atomic E-state index is 13.3. The lowest BCUT2D eigenvalue weighted by Crippen LogP contribution is -2.34. The fourth-order valence-corrected chi connectivity index (χ4v) is 3.49. The van der Waals surface area contributed by atoms with E-state index in [1.807, 2.05) is 18.2 Å². The van der Waals surface area contributed by atoms with Crippen LogP contribution in [-0.2, 0) is 19.5 Å². The summed E-state index contributed by atoms with van der Waals surface area (Å²) < 4.78 is 18.9. The number of H-pyrrole nitrogens is 1. The molecular weight excluding hydrogens is 359 g/mol. The molecule has 3 aromatic heterocycles. The summed E-state index contributed by atoms with van der Waals surface area (Å²) in [5.41, 5.74) is 3.75. The minimum atomic E-state index is -0.244. The Kier molecular flexibility index (Phi) is 4.17. The standard InChI is InChI=1S/C20H17FN6O/c21-14-6-4-13(5-7-14)10-27-11-17-16(23-12-24-17)9-18(27)20-25-19(26-28-20)15-3-1-2-8-22-15/h1-8,12,18H,9-11H2,(H,23,24)/t18-/m0/s1. The molecule has 0 bridgehead atoms. The van der Waals surface area contributed by atoms with Gasteiger partial charge in [-0.3, -0.25) is 9.88 Å². The van der Waals surface area contributed by atoms with Crippen LogP contribution in [0.4, 0.5) is 4.39 Å². The lowest BCUT2D eigenvalue weighted by Gasteiger charge is -2.32. The van der Waals surface area contributed by atoms with E-state index >= 15 is 0 Å². The summed E-state index contributed by atoms with van der Waals surface area (Å²) in [6, 6.07) is 12.0. The summed E-state index contributed by atoms with van der Waals surface area (Å²) in [5.74, 6) is 0.744. The second-order valence-electron chi connectivity index (χ2n) is 6.75. The molecule has 0 saturated heterocycles. The Bertz CT molecular complexity index is 1080. The first-order valence-electron chi connectivity index (χ1n) is 9.01. The predicted octanol–water partition coefficient (Wildman–Crippen LogP) is 3.29. The fraction of sp³-hybridized carbons (Fsp3) is 0.200.